The highest BCUT2D eigenvalue weighted by molar-refractivity contribution is 5.95. The van der Waals surface area contributed by atoms with E-state index in [1.165, 1.54) is 0 Å². The molecule has 0 aliphatic heterocycles. The molecule has 0 aromatic heterocycles. The van der Waals surface area contributed by atoms with Crippen molar-refractivity contribution in [2.75, 3.05) is 11.9 Å². The number of esters is 1. The largest absolute Gasteiger partial charge is 0.452 e. The van der Waals surface area contributed by atoms with Crippen LogP contribution in [-0.4, -0.2) is 18.5 Å². The van der Waals surface area contributed by atoms with Gasteiger partial charge < -0.3 is 10.1 Å². The van der Waals surface area contributed by atoms with E-state index in [4.69, 9.17) is 4.74 Å². The molecule has 0 aliphatic rings. The van der Waals surface area contributed by atoms with E-state index in [2.05, 4.69) is 5.32 Å². The molecular weight excluding hydrogens is 304 g/mol. The number of carbonyl (C=O) groups is 2. The first-order valence-corrected chi connectivity index (χ1v) is 6.86. The zero-order chi connectivity index (χ0) is 17.0. The van der Waals surface area contributed by atoms with Crippen LogP contribution in [0.5, 0.6) is 0 Å². The average Bonchev–Trinajstić information content (AvgIpc) is 2.50. The Balaban J connectivity index is 1.93. The summed E-state index contributed by atoms with van der Waals surface area (Å²) in [6, 6.07) is 7.79. The molecule has 0 radical (unpaired) electrons. The Morgan fingerprint density at radius 2 is 1.78 bits per heavy atom. The maximum absolute atomic E-state index is 13.4. The summed E-state index contributed by atoms with van der Waals surface area (Å²) in [5.41, 5.74) is 2.11. The van der Waals surface area contributed by atoms with Crippen LogP contribution in [0.25, 0.3) is 0 Å². The summed E-state index contributed by atoms with van der Waals surface area (Å²) in [5, 5.41) is 2.21. The van der Waals surface area contributed by atoms with Gasteiger partial charge in [-0.15, -0.1) is 0 Å². The van der Waals surface area contributed by atoms with E-state index in [0.29, 0.717) is 11.6 Å². The van der Waals surface area contributed by atoms with Gasteiger partial charge >= 0.3 is 5.97 Å². The molecule has 23 heavy (non-hydrogen) atoms. The fourth-order valence-corrected chi connectivity index (χ4v) is 1.86. The average molecular weight is 319 g/mol. The Morgan fingerprint density at radius 1 is 1.04 bits per heavy atom. The van der Waals surface area contributed by atoms with Gasteiger partial charge in [-0.25, -0.2) is 13.6 Å². The second kappa shape index (κ2) is 7.00. The maximum atomic E-state index is 13.4. The molecule has 0 aliphatic carbocycles. The quantitative estimate of drug-likeness (QED) is 0.879. The lowest BCUT2D eigenvalue weighted by Gasteiger charge is -2.08. The van der Waals surface area contributed by atoms with Crippen molar-refractivity contribution >= 4 is 17.6 Å². The van der Waals surface area contributed by atoms with Gasteiger partial charge in [-0.2, -0.15) is 0 Å². The highest BCUT2D eigenvalue weighted by atomic mass is 19.1. The molecule has 0 unspecified atom stereocenters. The van der Waals surface area contributed by atoms with Gasteiger partial charge in [0.2, 0.25) is 0 Å². The summed E-state index contributed by atoms with van der Waals surface area (Å²) < 4.78 is 31.0. The molecule has 0 fully saturated rings. The lowest BCUT2D eigenvalue weighted by atomic mass is 10.1. The number of halogens is 2. The number of nitrogens with one attached hydrogen (secondary N) is 1. The maximum Gasteiger partial charge on any atom is 0.338 e. The van der Waals surface area contributed by atoms with Gasteiger partial charge in [0.15, 0.2) is 6.61 Å². The van der Waals surface area contributed by atoms with E-state index in [0.717, 1.165) is 23.3 Å². The van der Waals surface area contributed by atoms with Crippen LogP contribution in [-0.2, 0) is 9.53 Å². The normalized spacial score (nSPS) is 10.3. The third-order valence-corrected chi connectivity index (χ3v) is 3.28. The minimum absolute atomic E-state index is 0.182. The Kier molecular flexibility index (Phi) is 5.05. The van der Waals surface area contributed by atoms with Crippen molar-refractivity contribution in [3.63, 3.8) is 0 Å². The lowest BCUT2D eigenvalue weighted by Crippen LogP contribution is -2.21. The van der Waals surface area contributed by atoms with Crippen LogP contribution in [0.4, 0.5) is 14.5 Å². The molecule has 2 aromatic carbocycles. The second-order valence-electron chi connectivity index (χ2n) is 5.05. The molecule has 4 nitrogen and oxygen atoms in total. The Bertz CT molecular complexity index is 759. The Hall–Kier alpha value is -2.76. The summed E-state index contributed by atoms with van der Waals surface area (Å²) in [7, 11) is 0. The van der Waals surface area contributed by atoms with Gasteiger partial charge in [-0.3, -0.25) is 4.79 Å². The molecule has 120 valence electrons. The van der Waals surface area contributed by atoms with E-state index < -0.39 is 30.1 Å². The van der Waals surface area contributed by atoms with Crippen LogP contribution in [0.1, 0.15) is 21.5 Å². The first-order valence-electron chi connectivity index (χ1n) is 6.86. The van der Waals surface area contributed by atoms with E-state index >= 15 is 0 Å². The van der Waals surface area contributed by atoms with Crippen LogP contribution in [0.2, 0.25) is 0 Å². The number of anilines is 1. The first-order chi connectivity index (χ1) is 10.9. The molecule has 0 spiro atoms. The van der Waals surface area contributed by atoms with Gasteiger partial charge in [-0.05, 0) is 49.2 Å². The number of aryl methyl sites for hydroxylation is 2. The summed E-state index contributed by atoms with van der Waals surface area (Å²) in [6.45, 7) is 3.20. The SMILES string of the molecule is Cc1ccc(C(=O)OCC(=O)Nc2ccc(F)cc2F)cc1C. The summed E-state index contributed by atoms with van der Waals surface area (Å²) in [4.78, 5) is 23.5. The standard InChI is InChI=1S/C17H15F2NO3/c1-10-3-4-12(7-11(10)2)17(22)23-9-16(21)20-15-6-5-13(18)8-14(15)19/h3-8H,9H2,1-2H3,(H,20,21). The number of amides is 1. The fraction of sp³-hybridized carbons (Fsp3) is 0.176. The van der Waals surface area contributed by atoms with Gasteiger partial charge in [-0.1, -0.05) is 6.07 Å². The minimum atomic E-state index is -0.904. The number of hydrogen-bond acceptors (Lipinski definition) is 3. The predicted molar refractivity (Wildman–Crippen MR) is 81.2 cm³/mol. The van der Waals surface area contributed by atoms with Gasteiger partial charge in [0.1, 0.15) is 11.6 Å². The molecule has 6 heteroatoms. The smallest absolute Gasteiger partial charge is 0.338 e. The molecule has 0 heterocycles. The Morgan fingerprint density at radius 3 is 2.43 bits per heavy atom. The lowest BCUT2D eigenvalue weighted by molar-refractivity contribution is -0.119. The third kappa shape index (κ3) is 4.35. The first kappa shape index (κ1) is 16.6. The minimum Gasteiger partial charge on any atom is -0.452 e. The van der Waals surface area contributed by atoms with Crippen LogP contribution in [0, 0.1) is 25.5 Å². The number of benzene rings is 2. The van der Waals surface area contributed by atoms with E-state index in [1.807, 2.05) is 13.8 Å². The van der Waals surface area contributed by atoms with Crippen LogP contribution < -0.4 is 5.32 Å². The zero-order valence-electron chi connectivity index (χ0n) is 12.7. The van der Waals surface area contributed by atoms with Crippen LogP contribution in [0.15, 0.2) is 36.4 Å². The van der Waals surface area contributed by atoms with Gasteiger partial charge in [0, 0.05) is 6.07 Å². The third-order valence-electron chi connectivity index (χ3n) is 3.28. The number of carbonyl (C=O) groups excluding carboxylic acids is 2. The fourth-order valence-electron chi connectivity index (χ4n) is 1.86. The van der Waals surface area contributed by atoms with Crippen molar-refractivity contribution in [1.82, 2.24) is 0 Å². The summed E-state index contributed by atoms with van der Waals surface area (Å²) in [6.07, 6.45) is 0. The molecule has 0 bridgehead atoms. The summed E-state index contributed by atoms with van der Waals surface area (Å²) >= 11 is 0. The van der Waals surface area contributed by atoms with Crippen molar-refractivity contribution in [2.45, 2.75) is 13.8 Å². The van der Waals surface area contributed by atoms with Crippen molar-refractivity contribution < 1.29 is 23.1 Å². The topological polar surface area (TPSA) is 55.4 Å². The van der Waals surface area contributed by atoms with Gasteiger partial charge in [0.25, 0.3) is 5.91 Å². The second-order valence-corrected chi connectivity index (χ2v) is 5.05. The molecule has 0 saturated carbocycles. The van der Waals surface area contributed by atoms with Crippen molar-refractivity contribution in [2.24, 2.45) is 0 Å². The van der Waals surface area contributed by atoms with E-state index in [9.17, 15) is 18.4 Å². The van der Waals surface area contributed by atoms with Crippen molar-refractivity contribution in [1.29, 1.82) is 0 Å². The monoisotopic (exact) mass is 319 g/mol. The predicted octanol–water partition coefficient (Wildman–Crippen LogP) is 3.38. The zero-order valence-corrected chi connectivity index (χ0v) is 12.7. The van der Waals surface area contributed by atoms with E-state index in [-0.39, 0.29) is 5.69 Å². The highest BCUT2D eigenvalue weighted by Crippen LogP contribution is 2.15. The van der Waals surface area contributed by atoms with Gasteiger partial charge in [0.05, 0.1) is 11.3 Å². The number of hydrogen-bond donors (Lipinski definition) is 1. The molecule has 1 amide bonds. The van der Waals surface area contributed by atoms with E-state index in [1.54, 1.807) is 18.2 Å². The molecule has 0 atom stereocenters. The molecule has 0 saturated heterocycles. The number of ether oxygens (including phenoxy) is 1. The highest BCUT2D eigenvalue weighted by Gasteiger charge is 2.12. The number of rotatable bonds is 4. The molecule has 1 N–H and O–H groups in total. The Labute approximate surface area is 132 Å². The van der Waals surface area contributed by atoms with Crippen molar-refractivity contribution in [3.8, 4) is 0 Å². The summed E-state index contributed by atoms with van der Waals surface area (Å²) in [5.74, 6) is -3.02. The van der Waals surface area contributed by atoms with Crippen molar-refractivity contribution in [3.05, 3.63) is 64.7 Å². The molecular formula is C17H15F2NO3. The molecule has 2 rings (SSSR count). The van der Waals surface area contributed by atoms with Crippen LogP contribution in [0.3, 0.4) is 0 Å². The van der Waals surface area contributed by atoms with Crippen LogP contribution >= 0.6 is 0 Å². The molecule has 2 aromatic rings.